The largest absolute Gasteiger partial charge is 0.458 e. The molecule has 276 valence electrons. The summed E-state index contributed by atoms with van der Waals surface area (Å²) >= 11 is 0.934. The van der Waals surface area contributed by atoms with E-state index in [1.165, 1.54) is 0 Å². The zero-order valence-electron chi connectivity index (χ0n) is 51.5. The normalized spacial score (nSPS) is 17.8. The SMILES string of the molecule is [2H]c1c([2H])c([2H])c2c(c1[2H])Oc1c([2H])c(-c3c([2H])c([2H])c([2H])c(-n4c5c([2H])c([2H])c([2H])c([2H])c5c5c([2H])c([2H])c([2H])c([2H])c54)c3[2H])c([2H])c3c1B2Sc1c([2H])c([Si](c2ccccc2)(c2ccccc2)c2ccccc2)c([2H])c([2H])c1-3. The Balaban J connectivity index is 1.25. The molecule has 0 saturated heterocycles. The summed E-state index contributed by atoms with van der Waals surface area (Å²) in [4.78, 5) is 0.0238. The Labute approximate surface area is 378 Å². The van der Waals surface area contributed by atoms with E-state index in [-0.39, 0.29) is 38.2 Å². The van der Waals surface area contributed by atoms with Gasteiger partial charge in [0.05, 0.1) is 39.8 Å². The number of benzene rings is 9. The van der Waals surface area contributed by atoms with E-state index >= 15 is 0 Å². The first kappa shape index (κ1) is 19.3. The van der Waals surface area contributed by atoms with Gasteiger partial charge in [-0.05, 0) is 102 Å². The van der Waals surface area contributed by atoms with Crippen molar-refractivity contribution in [1.29, 1.82) is 0 Å². The first-order chi connectivity index (χ1) is 38.0. The minimum absolute atomic E-state index is 0.0238. The zero-order valence-corrected chi connectivity index (χ0v) is 32.3. The quantitative estimate of drug-likeness (QED) is 0.123. The van der Waals surface area contributed by atoms with Gasteiger partial charge in [0.15, 0.2) is 8.07 Å². The Morgan fingerprint density at radius 3 is 1.76 bits per heavy atom. The predicted octanol–water partition coefficient (Wildman–Crippen LogP) is 9.81. The Morgan fingerprint density at radius 1 is 0.492 bits per heavy atom. The van der Waals surface area contributed by atoms with Crippen LogP contribution in [0.1, 0.15) is 28.8 Å². The van der Waals surface area contributed by atoms with Crippen molar-refractivity contribution in [2.45, 2.75) is 4.90 Å². The molecular formula is C54H36BNOSSi. The van der Waals surface area contributed by atoms with Crippen molar-refractivity contribution in [3.8, 4) is 39.4 Å². The minimum atomic E-state index is -3.84. The van der Waals surface area contributed by atoms with Gasteiger partial charge in [-0.15, -0.1) is 0 Å². The molecule has 5 heteroatoms. The fourth-order valence-corrected chi connectivity index (χ4v) is 14.2. The highest BCUT2D eigenvalue weighted by Gasteiger charge is 2.44. The lowest BCUT2D eigenvalue weighted by molar-refractivity contribution is 0.488. The molecule has 3 heterocycles. The van der Waals surface area contributed by atoms with Gasteiger partial charge in [-0.1, -0.05) is 170 Å². The van der Waals surface area contributed by atoms with E-state index in [1.54, 1.807) is 0 Å². The van der Waals surface area contributed by atoms with E-state index in [1.807, 2.05) is 91.0 Å². The van der Waals surface area contributed by atoms with Gasteiger partial charge in [0.1, 0.15) is 11.5 Å². The van der Waals surface area contributed by atoms with Crippen molar-refractivity contribution in [3.63, 3.8) is 0 Å². The van der Waals surface area contributed by atoms with Gasteiger partial charge in [0.25, 0.3) is 5.99 Å². The van der Waals surface area contributed by atoms with E-state index in [2.05, 4.69) is 0 Å². The average Bonchev–Trinajstić information content (AvgIpc) is 3.83. The molecule has 12 rings (SSSR count). The Kier molecular flexibility index (Phi) is 4.47. The van der Waals surface area contributed by atoms with Crippen LogP contribution in [0.5, 0.6) is 11.5 Å². The molecule has 0 aliphatic carbocycles. The van der Waals surface area contributed by atoms with Crippen molar-refractivity contribution < 1.29 is 33.5 Å². The van der Waals surface area contributed by atoms with E-state index < -0.39 is 185 Å². The molecule has 59 heavy (non-hydrogen) atoms. The van der Waals surface area contributed by atoms with Crippen molar-refractivity contribution in [3.05, 3.63) is 218 Å². The smallest absolute Gasteiger partial charge is 0.289 e. The van der Waals surface area contributed by atoms with Crippen LogP contribution >= 0.6 is 11.6 Å². The molecule has 0 spiro atoms. The van der Waals surface area contributed by atoms with Crippen LogP contribution in [0.15, 0.2) is 223 Å². The van der Waals surface area contributed by atoms with Crippen molar-refractivity contribution in [1.82, 2.24) is 4.57 Å². The molecule has 0 bridgehead atoms. The monoisotopic (exact) mass is 806 g/mol. The van der Waals surface area contributed by atoms with Gasteiger partial charge in [-0.25, -0.2) is 0 Å². The van der Waals surface area contributed by atoms with E-state index in [0.717, 1.165) is 31.7 Å². The van der Waals surface area contributed by atoms with Gasteiger partial charge in [0.2, 0.25) is 0 Å². The number of nitrogens with zero attached hydrogens (tertiary/aromatic N) is 1. The maximum atomic E-state index is 10.5. The average molecular weight is 807 g/mol. The third kappa shape index (κ3) is 5.28. The maximum absolute atomic E-state index is 10.5. The van der Waals surface area contributed by atoms with Crippen LogP contribution in [0.2, 0.25) is 0 Å². The standard InChI is InChI=1S/C54H36BNOSSi/c1-4-19-40(20-5-1)59(41-21-6-2-7-22-41,42-23-8-3-9-24-42)43-31-32-46-47-34-38(35-52-54(47)55(58-53(46)36-43)48-27-12-15-30-51(48)57-52)37-17-16-18-39(33-37)56-49-28-13-10-25-44(49)45-26-11-14-29-50(45)56/h1-36H/i10D,11D,12D,13D,14D,15D,16D,17D,18D,25D,26D,27D,28D,29D,30D,31D,32D,33D,34D,35D,36D. The van der Waals surface area contributed by atoms with E-state index in [4.69, 9.17) is 19.8 Å². The van der Waals surface area contributed by atoms with Crippen LogP contribution in [0.4, 0.5) is 0 Å². The second-order valence-electron chi connectivity index (χ2n) is 13.9. The highest BCUT2D eigenvalue weighted by Crippen LogP contribution is 2.45. The summed E-state index contributed by atoms with van der Waals surface area (Å²) in [6.07, 6.45) is 0. The highest BCUT2D eigenvalue weighted by molar-refractivity contribution is 8.28. The number of rotatable bonds is 6. The molecule has 2 aliphatic heterocycles. The Hall–Kier alpha value is -6.79. The first-order valence-electron chi connectivity index (χ1n) is 29.1. The number of fused-ring (bicyclic) bond motifs is 7. The van der Waals surface area contributed by atoms with Crippen LogP contribution in [0.25, 0.3) is 49.7 Å². The number of aromatic nitrogens is 1. The summed E-state index contributed by atoms with van der Waals surface area (Å²) in [7, 11) is -3.84. The molecule has 0 atom stereocenters. The molecule has 0 unspecified atom stereocenters. The number of hydrogen-bond acceptors (Lipinski definition) is 2. The van der Waals surface area contributed by atoms with Crippen LogP contribution in [0, 0.1) is 0 Å². The molecule has 9 aromatic carbocycles. The molecule has 2 aliphatic rings. The molecule has 2 nitrogen and oxygen atoms in total. The highest BCUT2D eigenvalue weighted by atomic mass is 32.2. The molecule has 10 aromatic rings. The van der Waals surface area contributed by atoms with Crippen molar-refractivity contribution >= 4 is 79.2 Å². The third-order valence-corrected chi connectivity index (χ3v) is 16.6. The van der Waals surface area contributed by atoms with Crippen LogP contribution in [0.3, 0.4) is 0 Å². The molecule has 0 fully saturated rings. The fraction of sp³-hybridized carbons (Fsp3) is 0. The summed E-state index contributed by atoms with van der Waals surface area (Å²) in [5.41, 5.74) is -3.68. The predicted molar refractivity (Wildman–Crippen MR) is 253 cm³/mol. The lowest BCUT2D eigenvalue weighted by Gasteiger charge is -2.36. The number of para-hydroxylation sites is 3. The fourth-order valence-electron chi connectivity index (χ4n) is 8.28. The second kappa shape index (κ2) is 13.7. The van der Waals surface area contributed by atoms with Gasteiger partial charge in [-0.2, -0.15) is 11.6 Å². The number of hydrogen-bond donors (Lipinski definition) is 0. The van der Waals surface area contributed by atoms with Gasteiger partial charge in [0, 0.05) is 21.4 Å². The van der Waals surface area contributed by atoms with Crippen LogP contribution in [-0.4, -0.2) is 18.6 Å². The van der Waals surface area contributed by atoms with Gasteiger partial charge in [-0.3, -0.25) is 0 Å². The Morgan fingerprint density at radius 2 is 1.10 bits per heavy atom. The first-order valence-corrected chi connectivity index (χ1v) is 21.5. The lowest BCUT2D eigenvalue weighted by Crippen LogP contribution is -2.74. The summed E-state index contributed by atoms with van der Waals surface area (Å²) in [6.45, 7) is 0. The summed E-state index contributed by atoms with van der Waals surface area (Å²) in [5.74, 6) is -2.16. The molecule has 0 amide bonds. The molecule has 1 aromatic heterocycles. The van der Waals surface area contributed by atoms with Crippen molar-refractivity contribution in [2.75, 3.05) is 0 Å². The molecule has 0 radical (unpaired) electrons. The van der Waals surface area contributed by atoms with Gasteiger partial charge < -0.3 is 9.30 Å². The second-order valence-corrected chi connectivity index (χ2v) is 18.7. The topological polar surface area (TPSA) is 14.2 Å². The lowest BCUT2D eigenvalue weighted by atomic mass is 9.57. The maximum Gasteiger partial charge on any atom is 0.289 e. The molecule has 0 saturated carbocycles. The van der Waals surface area contributed by atoms with Crippen molar-refractivity contribution in [2.24, 2.45) is 0 Å². The van der Waals surface area contributed by atoms with Crippen LogP contribution in [-0.2, 0) is 0 Å². The third-order valence-electron chi connectivity index (χ3n) is 10.8. The summed E-state index contributed by atoms with van der Waals surface area (Å²) < 4.78 is 203. The molecular weight excluding hydrogens is 750 g/mol. The minimum Gasteiger partial charge on any atom is -0.458 e. The summed E-state index contributed by atoms with van der Waals surface area (Å²) in [5, 5.41) is 1.65. The van der Waals surface area contributed by atoms with Gasteiger partial charge >= 0.3 is 0 Å². The van der Waals surface area contributed by atoms with Crippen LogP contribution < -0.4 is 36.4 Å². The zero-order chi connectivity index (χ0) is 57.2. The number of ether oxygens (including phenoxy) is 1. The Bertz CT molecular complexity index is 4280. The van der Waals surface area contributed by atoms with E-state index in [9.17, 15) is 13.7 Å². The van der Waals surface area contributed by atoms with E-state index in [0.29, 0.717) is 0 Å². The molecule has 0 N–H and O–H groups in total. The summed E-state index contributed by atoms with van der Waals surface area (Å²) in [6, 6.07) is 13.2.